The second-order valence-electron chi connectivity index (χ2n) is 6.51. The Labute approximate surface area is 164 Å². The highest BCUT2D eigenvalue weighted by Gasteiger charge is 2.26. The average molecular weight is 390 g/mol. The van der Waals surface area contributed by atoms with Crippen molar-refractivity contribution in [1.82, 2.24) is 5.32 Å². The van der Waals surface area contributed by atoms with Gasteiger partial charge < -0.3 is 14.8 Å². The molecule has 5 nitrogen and oxygen atoms in total. The van der Waals surface area contributed by atoms with Crippen LogP contribution in [-0.2, 0) is 20.9 Å². The summed E-state index contributed by atoms with van der Waals surface area (Å²) < 4.78 is 10.4. The van der Waals surface area contributed by atoms with E-state index in [0.717, 1.165) is 16.9 Å². The molecule has 0 spiro atoms. The lowest BCUT2D eigenvalue weighted by atomic mass is 9.88. The standard InChI is InChI=1S/C21H24ClNO4/c1-14(2)20(16-7-9-17(22)10-8-16)21(25)27-13-19(24)23-12-15-5-4-6-18(11-15)26-3/h4-11,14,20H,12-13H2,1-3H3,(H,23,24). The summed E-state index contributed by atoms with van der Waals surface area (Å²) in [6, 6.07) is 14.5. The minimum atomic E-state index is -0.451. The van der Waals surface area contributed by atoms with E-state index >= 15 is 0 Å². The van der Waals surface area contributed by atoms with Crippen LogP contribution >= 0.6 is 11.6 Å². The molecule has 0 aliphatic carbocycles. The van der Waals surface area contributed by atoms with Crippen LogP contribution in [0.4, 0.5) is 0 Å². The van der Waals surface area contributed by atoms with E-state index in [-0.39, 0.29) is 18.4 Å². The molecule has 0 fully saturated rings. The van der Waals surface area contributed by atoms with Crippen molar-refractivity contribution < 1.29 is 19.1 Å². The zero-order valence-electron chi connectivity index (χ0n) is 15.7. The van der Waals surface area contributed by atoms with Gasteiger partial charge in [-0.1, -0.05) is 49.7 Å². The van der Waals surface area contributed by atoms with Gasteiger partial charge in [0.2, 0.25) is 0 Å². The summed E-state index contributed by atoms with van der Waals surface area (Å²) in [4.78, 5) is 24.5. The molecule has 2 aromatic carbocycles. The zero-order chi connectivity index (χ0) is 19.8. The fourth-order valence-electron chi connectivity index (χ4n) is 2.72. The van der Waals surface area contributed by atoms with Crippen LogP contribution in [-0.4, -0.2) is 25.6 Å². The van der Waals surface area contributed by atoms with E-state index in [1.54, 1.807) is 31.4 Å². The normalized spacial score (nSPS) is 11.7. The first-order valence-corrected chi connectivity index (χ1v) is 9.10. The van der Waals surface area contributed by atoms with Gasteiger partial charge in [0.05, 0.1) is 13.0 Å². The Morgan fingerprint density at radius 1 is 1.11 bits per heavy atom. The Bertz CT molecular complexity index is 774. The molecule has 0 saturated carbocycles. The number of carbonyl (C=O) groups excluding carboxylic acids is 2. The molecule has 6 heteroatoms. The maximum absolute atomic E-state index is 12.5. The Balaban J connectivity index is 1.88. The minimum absolute atomic E-state index is 0.0264. The van der Waals surface area contributed by atoms with Crippen molar-refractivity contribution in [2.75, 3.05) is 13.7 Å². The third-order valence-electron chi connectivity index (χ3n) is 4.12. The lowest BCUT2D eigenvalue weighted by molar-refractivity contribution is -0.151. The average Bonchev–Trinajstić information content (AvgIpc) is 2.66. The van der Waals surface area contributed by atoms with Crippen LogP contribution in [0.5, 0.6) is 5.75 Å². The first-order valence-electron chi connectivity index (χ1n) is 8.72. The maximum Gasteiger partial charge on any atom is 0.314 e. The molecule has 1 N–H and O–H groups in total. The van der Waals surface area contributed by atoms with Gasteiger partial charge in [0.15, 0.2) is 6.61 Å². The number of esters is 1. The SMILES string of the molecule is COc1cccc(CNC(=O)COC(=O)C(c2ccc(Cl)cc2)C(C)C)c1. The summed E-state index contributed by atoms with van der Waals surface area (Å²) in [6.07, 6.45) is 0. The van der Waals surface area contributed by atoms with Crippen LogP contribution in [0, 0.1) is 5.92 Å². The van der Waals surface area contributed by atoms with Crippen molar-refractivity contribution in [3.8, 4) is 5.75 Å². The van der Waals surface area contributed by atoms with Crippen molar-refractivity contribution in [3.05, 3.63) is 64.7 Å². The number of methoxy groups -OCH3 is 1. The van der Waals surface area contributed by atoms with Crippen LogP contribution < -0.4 is 10.1 Å². The second kappa shape index (κ2) is 9.97. The predicted molar refractivity (Wildman–Crippen MR) is 105 cm³/mol. The molecule has 144 valence electrons. The largest absolute Gasteiger partial charge is 0.497 e. The second-order valence-corrected chi connectivity index (χ2v) is 6.95. The molecule has 0 heterocycles. The van der Waals surface area contributed by atoms with Gasteiger partial charge >= 0.3 is 5.97 Å². The van der Waals surface area contributed by atoms with Crippen molar-refractivity contribution in [3.63, 3.8) is 0 Å². The number of hydrogen-bond acceptors (Lipinski definition) is 4. The summed E-state index contributed by atoms with van der Waals surface area (Å²) in [7, 11) is 1.59. The number of ether oxygens (including phenoxy) is 2. The first-order chi connectivity index (χ1) is 12.9. The molecule has 0 bridgehead atoms. The van der Waals surface area contributed by atoms with Crippen LogP contribution in [0.1, 0.15) is 30.9 Å². The number of hydrogen-bond donors (Lipinski definition) is 1. The first kappa shape index (κ1) is 20.8. The molecule has 0 aliphatic heterocycles. The van der Waals surface area contributed by atoms with E-state index in [2.05, 4.69) is 5.32 Å². The number of carbonyl (C=O) groups is 2. The fraction of sp³-hybridized carbons (Fsp3) is 0.333. The fourth-order valence-corrected chi connectivity index (χ4v) is 2.85. The van der Waals surface area contributed by atoms with E-state index in [4.69, 9.17) is 21.1 Å². The van der Waals surface area contributed by atoms with Crippen molar-refractivity contribution >= 4 is 23.5 Å². The van der Waals surface area contributed by atoms with E-state index in [1.807, 2.05) is 38.1 Å². The number of amides is 1. The van der Waals surface area contributed by atoms with Gasteiger partial charge in [-0.3, -0.25) is 9.59 Å². The highest BCUT2D eigenvalue weighted by Crippen LogP contribution is 2.27. The minimum Gasteiger partial charge on any atom is -0.497 e. The molecule has 27 heavy (non-hydrogen) atoms. The zero-order valence-corrected chi connectivity index (χ0v) is 16.5. The van der Waals surface area contributed by atoms with Crippen molar-refractivity contribution in [1.29, 1.82) is 0 Å². The lowest BCUT2D eigenvalue weighted by Crippen LogP contribution is -2.30. The van der Waals surface area contributed by atoms with Gasteiger partial charge in [-0.05, 0) is 41.3 Å². The molecule has 0 radical (unpaired) electrons. The molecular weight excluding hydrogens is 366 g/mol. The third kappa shape index (κ3) is 6.29. The van der Waals surface area contributed by atoms with Gasteiger partial charge in [0.1, 0.15) is 5.75 Å². The Kier molecular flexibility index (Phi) is 7.67. The van der Waals surface area contributed by atoms with Gasteiger partial charge in [-0.15, -0.1) is 0 Å². The quantitative estimate of drug-likeness (QED) is 0.694. The summed E-state index contributed by atoms with van der Waals surface area (Å²) in [5, 5.41) is 3.34. The summed E-state index contributed by atoms with van der Waals surface area (Å²) in [5.41, 5.74) is 1.71. The monoisotopic (exact) mass is 389 g/mol. The predicted octanol–water partition coefficient (Wildman–Crippen LogP) is 3.95. The number of rotatable bonds is 8. The van der Waals surface area contributed by atoms with Crippen LogP contribution in [0.2, 0.25) is 5.02 Å². The Hall–Kier alpha value is -2.53. The van der Waals surface area contributed by atoms with E-state index in [1.165, 1.54) is 0 Å². The van der Waals surface area contributed by atoms with Crippen molar-refractivity contribution in [2.45, 2.75) is 26.3 Å². The topological polar surface area (TPSA) is 64.6 Å². The molecule has 1 atom stereocenters. The highest BCUT2D eigenvalue weighted by molar-refractivity contribution is 6.30. The van der Waals surface area contributed by atoms with E-state index in [0.29, 0.717) is 11.6 Å². The number of nitrogens with one attached hydrogen (secondary N) is 1. The molecule has 2 aromatic rings. The van der Waals surface area contributed by atoms with E-state index < -0.39 is 11.9 Å². The number of benzene rings is 2. The summed E-state index contributed by atoms with van der Waals surface area (Å²) in [5.74, 6) is -0.489. The number of halogens is 1. The van der Waals surface area contributed by atoms with Crippen molar-refractivity contribution in [2.24, 2.45) is 5.92 Å². The molecule has 2 rings (SSSR count). The van der Waals surface area contributed by atoms with Gasteiger partial charge in [-0.2, -0.15) is 0 Å². The highest BCUT2D eigenvalue weighted by atomic mass is 35.5. The molecule has 1 amide bonds. The Morgan fingerprint density at radius 3 is 2.44 bits per heavy atom. The molecule has 0 aromatic heterocycles. The molecular formula is C21H24ClNO4. The molecule has 0 aliphatic rings. The van der Waals surface area contributed by atoms with Gasteiger partial charge in [0, 0.05) is 11.6 Å². The Morgan fingerprint density at radius 2 is 1.81 bits per heavy atom. The lowest BCUT2D eigenvalue weighted by Gasteiger charge is -2.20. The third-order valence-corrected chi connectivity index (χ3v) is 4.37. The van der Waals surface area contributed by atoms with Gasteiger partial charge in [-0.25, -0.2) is 0 Å². The van der Waals surface area contributed by atoms with Gasteiger partial charge in [0.25, 0.3) is 5.91 Å². The van der Waals surface area contributed by atoms with Crippen LogP contribution in [0.3, 0.4) is 0 Å². The smallest absolute Gasteiger partial charge is 0.314 e. The summed E-state index contributed by atoms with van der Waals surface area (Å²) in [6.45, 7) is 3.88. The van der Waals surface area contributed by atoms with E-state index in [9.17, 15) is 9.59 Å². The molecule has 0 saturated heterocycles. The maximum atomic E-state index is 12.5. The molecule has 1 unspecified atom stereocenters. The van der Waals surface area contributed by atoms with Crippen LogP contribution in [0.25, 0.3) is 0 Å². The summed E-state index contributed by atoms with van der Waals surface area (Å²) >= 11 is 5.91. The van der Waals surface area contributed by atoms with Crippen LogP contribution in [0.15, 0.2) is 48.5 Å².